The molecule has 0 saturated carbocycles. The molecule has 1 heterocycles. The quantitative estimate of drug-likeness (QED) is 0.617. The van der Waals surface area contributed by atoms with Gasteiger partial charge >= 0.3 is 11.9 Å². The molecule has 0 aliphatic carbocycles. The highest BCUT2D eigenvalue weighted by Crippen LogP contribution is 1.93. The Labute approximate surface area is 96.3 Å². The van der Waals surface area contributed by atoms with E-state index in [2.05, 4.69) is 15.3 Å². The second-order valence-electron chi connectivity index (χ2n) is 2.64. The van der Waals surface area contributed by atoms with E-state index in [1.165, 1.54) is 6.33 Å². The highest BCUT2D eigenvalue weighted by Gasteiger charge is 2.00. The van der Waals surface area contributed by atoms with Gasteiger partial charge in [0.05, 0.1) is 12.8 Å². The van der Waals surface area contributed by atoms with E-state index in [0.717, 1.165) is 0 Å². The zero-order valence-corrected chi connectivity index (χ0v) is 8.74. The Balaban J connectivity index is 0.000000304. The van der Waals surface area contributed by atoms with Crippen molar-refractivity contribution in [1.82, 2.24) is 9.97 Å². The lowest BCUT2D eigenvalue weighted by Crippen LogP contribution is -2.00. The van der Waals surface area contributed by atoms with Crippen LogP contribution in [0.15, 0.2) is 18.6 Å². The summed E-state index contributed by atoms with van der Waals surface area (Å²) < 4.78 is 0. The molecule has 1 amide bonds. The Bertz CT molecular complexity index is 354. The van der Waals surface area contributed by atoms with Crippen molar-refractivity contribution < 1.29 is 24.6 Å². The lowest BCUT2D eigenvalue weighted by atomic mass is 10.3. The van der Waals surface area contributed by atoms with Crippen LogP contribution in [0.25, 0.3) is 0 Å². The standard InChI is InChI=1S/C5H5N3O.C4H6O4/c9-4-8-5-1-2-6-3-7-5;5-3(6)1-2-4(7)8/h1-4H,(H,6,7,8,9);1-2H2,(H,5,6)(H,7,8). The van der Waals surface area contributed by atoms with Crippen LogP contribution in [0, 0.1) is 0 Å². The lowest BCUT2D eigenvalue weighted by Gasteiger charge is -1.91. The number of hydrogen-bond donors (Lipinski definition) is 3. The molecule has 3 N–H and O–H groups in total. The van der Waals surface area contributed by atoms with Gasteiger partial charge in [0.25, 0.3) is 0 Å². The molecule has 92 valence electrons. The van der Waals surface area contributed by atoms with Crippen molar-refractivity contribution in [1.29, 1.82) is 0 Å². The monoisotopic (exact) mass is 241 g/mol. The van der Waals surface area contributed by atoms with E-state index >= 15 is 0 Å². The maximum absolute atomic E-state index is 9.80. The number of anilines is 1. The molecule has 8 heteroatoms. The maximum Gasteiger partial charge on any atom is 0.303 e. The van der Waals surface area contributed by atoms with Crippen molar-refractivity contribution >= 4 is 24.2 Å². The molecule has 0 saturated heterocycles. The Morgan fingerprint density at radius 3 is 2.24 bits per heavy atom. The van der Waals surface area contributed by atoms with Crippen molar-refractivity contribution in [2.24, 2.45) is 0 Å². The van der Waals surface area contributed by atoms with Crippen LogP contribution >= 0.6 is 0 Å². The van der Waals surface area contributed by atoms with Crippen molar-refractivity contribution in [3.8, 4) is 0 Å². The number of carbonyl (C=O) groups is 3. The summed E-state index contributed by atoms with van der Waals surface area (Å²) in [5, 5.41) is 18.2. The summed E-state index contributed by atoms with van der Waals surface area (Å²) in [7, 11) is 0. The van der Waals surface area contributed by atoms with Gasteiger partial charge in [-0.3, -0.25) is 14.4 Å². The number of nitrogens with zero attached hydrogens (tertiary/aromatic N) is 2. The number of carboxylic acid groups (broad SMARTS) is 2. The van der Waals surface area contributed by atoms with Gasteiger partial charge in [-0.25, -0.2) is 9.97 Å². The van der Waals surface area contributed by atoms with Crippen LogP contribution in [0.5, 0.6) is 0 Å². The molecule has 8 nitrogen and oxygen atoms in total. The van der Waals surface area contributed by atoms with Crippen LogP contribution in [-0.4, -0.2) is 38.5 Å². The largest absolute Gasteiger partial charge is 0.481 e. The number of aromatic nitrogens is 2. The highest BCUT2D eigenvalue weighted by atomic mass is 16.4. The molecule has 1 rings (SSSR count). The number of nitrogens with one attached hydrogen (secondary N) is 1. The summed E-state index contributed by atoms with van der Waals surface area (Å²) in [4.78, 5) is 36.5. The van der Waals surface area contributed by atoms with Gasteiger partial charge in [0.1, 0.15) is 12.1 Å². The second-order valence-corrected chi connectivity index (χ2v) is 2.64. The Morgan fingerprint density at radius 2 is 1.88 bits per heavy atom. The van der Waals surface area contributed by atoms with Gasteiger partial charge in [-0.2, -0.15) is 0 Å². The molecular weight excluding hydrogens is 230 g/mol. The molecule has 0 bridgehead atoms. The second kappa shape index (κ2) is 8.77. The first-order chi connectivity index (χ1) is 8.06. The minimum Gasteiger partial charge on any atom is -0.481 e. The fourth-order valence-corrected chi connectivity index (χ4v) is 0.650. The average molecular weight is 241 g/mol. The molecule has 0 spiro atoms. The zero-order valence-electron chi connectivity index (χ0n) is 8.74. The number of hydrogen-bond acceptors (Lipinski definition) is 5. The first-order valence-corrected chi connectivity index (χ1v) is 4.46. The van der Waals surface area contributed by atoms with Crippen LogP contribution in [0.4, 0.5) is 5.82 Å². The molecule has 1 aromatic rings. The van der Waals surface area contributed by atoms with Gasteiger partial charge in [-0.05, 0) is 6.07 Å². The van der Waals surface area contributed by atoms with E-state index in [0.29, 0.717) is 12.2 Å². The summed E-state index contributed by atoms with van der Waals surface area (Å²) >= 11 is 0. The smallest absolute Gasteiger partial charge is 0.303 e. The van der Waals surface area contributed by atoms with E-state index in [4.69, 9.17) is 10.2 Å². The van der Waals surface area contributed by atoms with E-state index in [9.17, 15) is 14.4 Å². The van der Waals surface area contributed by atoms with Crippen LogP contribution in [0.1, 0.15) is 12.8 Å². The van der Waals surface area contributed by atoms with Crippen molar-refractivity contribution in [2.75, 3.05) is 5.32 Å². The van der Waals surface area contributed by atoms with Crippen molar-refractivity contribution in [3.63, 3.8) is 0 Å². The Morgan fingerprint density at radius 1 is 1.29 bits per heavy atom. The van der Waals surface area contributed by atoms with Crippen LogP contribution in [0.3, 0.4) is 0 Å². The van der Waals surface area contributed by atoms with Crippen LogP contribution < -0.4 is 5.32 Å². The predicted octanol–water partition coefficient (Wildman–Crippen LogP) is -0.0193. The van der Waals surface area contributed by atoms with Crippen LogP contribution in [0.2, 0.25) is 0 Å². The molecule has 0 atom stereocenters. The summed E-state index contributed by atoms with van der Waals surface area (Å²) in [5.41, 5.74) is 0. The van der Waals surface area contributed by atoms with Gasteiger partial charge in [0, 0.05) is 6.20 Å². The third kappa shape index (κ3) is 9.79. The van der Waals surface area contributed by atoms with Crippen molar-refractivity contribution in [3.05, 3.63) is 18.6 Å². The molecule has 1 aromatic heterocycles. The third-order valence-electron chi connectivity index (χ3n) is 1.34. The molecule has 17 heavy (non-hydrogen) atoms. The zero-order chi connectivity index (χ0) is 13.1. The average Bonchev–Trinajstić information content (AvgIpc) is 2.29. The number of rotatable bonds is 5. The summed E-state index contributed by atoms with van der Waals surface area (Å²) in [6.07, 6.45) is 2.90. The highest BCUT2D eigenvalue weighted by molar-refractivity contribution is 5.75. The third-order valence-corrected chi connectivity index (χ3v) is 1.34. The normalized spacial score (nSPS) is 8.47. The van der Waals surface area contributed by atoms with Gasteiger partial charge in [-0.15, -0.1) is 0 Å². The molecule has 0 aromatic carbocycles. The molecule has 0 fully saturated rings. The Kier molecular flexibility index (Phi) is 7.48. The van der Waals surface area contributed by atoms with Crippen molar-refractivity contribution in [2.45, 2.75) is 12.8 Å². The van der Waals surface area contributed by atoms with Gasteiger partial charge in [-0.1, -0.05) is 0 Å². The number of carbonyl (C=O) groups excluding carboxylic acids is 1. The predicted molar refractivity (Wildman–Crippen MR) is 56.2 cm³/mol. The van der Waals surface area contributed by atoms with Gasteiger partial charge < -0.3 is 15.5 Å². The van der Waals surface area contributed by atoms with Gasteiger partial charge in [0.2, 0.25) is 6.41 Å². The van der Waals surface area contributed by atoms with E-state index < -0.39 is 11.9 Å². The maximum atomic E-state index is 9.80. The molecule has 0 aliphatic heterocycles. The molecular formula is C9H11N3O5. The van der Waals surface area contributed by atoms with E-state index in [1.54, 1.807) is 12.3 Å². The van der Waals surface area contributed by atoms with E-state index in [-0.39, 0.29) is 12.8 Å². The number of aliphatic carboxylic acids is 2. The van der Waals surface area contributed by atoms with E-state index in [1.807, 2.05) is 0 Å². The lowest BCUT2D eigenvalue weighted by molar-refractivity contribution is -0.143. The minimum atomic E-state index is -1.08. The minimum absolute atomic E-state index is 0.296. The van der Waals surface area contributed by atoms with Crippen LogP contribution in [-0.2, 0) is 14.4 Å². The summed E-state index contributed by atoms with van der Waals surface area (Å²) in [5.74, 6) is -1.64. The number of amides is 1. The summed E-state index contributed by atoms with van der Waals surface area (Å²) in [6, 6.07) is 1.61. The Hall–Kier alpha value is -2.51. The fourth-order valence-electron chi connectivity index (χ4n) is 0.650. The topological polar surface area (TPSA) is 129 Å². The first-order valence-electron chi connectivity index (χ1n) is 4.46. The summed E-state index contributed by atoms with van der Waals surface area (Å²) in [6.45, 7) is 0. The fraction of sp³-hybridized carbons (Fsp3) is 0.222. The number of carboxylic acids is 2. The SMILES string of the molecule is O=C(O)CCC(=O)O.O=CNc1ccncn1. The molecule has 0 radical (unpaired) electrons. The first kappa shape index (κ1) is 14.5. The van der Waals surface area contributed by atoms with Gasteiger partial charge in [0.15, 0.2) is 0 Å². The molecule has 0 unspecified atom stereocenters. The molecule has 0 aliphatic rings.